The van der Waals surface area contributed by atoms with Gasteiger partial charge in [-0.2, -0.15) is 0 Å². The third-order valence-electron chi connectivity index (χ3n) is 3.39. The fourth-order valence-electron chi connectivity index (χ4n) is 1.97. The van der Waals surface area contributed by atoms with Crippen LogP contribution in [0.4, 0.5) is 5.69 Å². The molecule has 0 saturated carbocycles. The fraction of sp³-hybridized carbons (Fsp3) is 0.312. The molecule has 1 atom stereocenters. The van der Waals surface area contributed by atoms with E-state index >= 15 is 0 Å². The Kier molecular flexibility index (Phi) is 5.36. The quantitative estimate of drug-likeness (QED) is 0.891. The van der Waals surface area contributed by atoms with Crippen LogP contribution in [0.3, 0.4) is 0 Å². The zero-order valence-corrected chi connectivity index (χ0v) is 13.3. The average Bonchev–Trinajstić information content (AvgIpc) is 2.99. The number of hydrogen-bond acceptors (Lipinski definition) is 4. The molecule has 112 valence electrons. The second kappa shape index (κ2) is 7.24. The van der Waals surface area contributed by atoms with Crippen molar-refractivity contribution < 1.29 is 9.53 Å². The van der Waals surface area contributed by atoms with E-state index in [2.05, 4.69) is 11.4 Å². The smallest absolute Gasteiger partial charge is 0.241 e. The van der Waals surface area contributed by atoms with Crippen LogP contribution in [0.5, 0.6) is 5.75 Å². The van der Waals surface area contributed by atoms with E-state index in [1.807, 2.05) is 54.6 Å². The molecule has 4 nitrogen and oxygen atoms in total. The number of hydrogen-bond donors (Lipinski definition) is 1. The zero-order chi connectivity index (χ0) is 15.2. The molecular weight excluding hydrogens is 284 g/mol. The summed E-state index contributed by atoms with van der Waals surface area (Å²) < 4.78 is 5.25. The van der Waals surface area contributed by atoms with Crippen molar-refractivity contribution in [3.8, 4) is 5.75 Å². The Hall–Kier alpha value is -1.85. The molecule has 1 aromatic carbocycles. The molecule has 2 aromatic rings. The molecule has 2 rings (SSSR count). The van der Waals surface area contributed by atoms with Crippen LogP contribution >= 0.6 is 11.3 Å². The molecule has 1 amide bonds. The molecule has 0 spiro atoms. The van der Waals surface area contributed by atoms with E-state index in [0.29, 0.717) is 11.4 Å². The van der Waals surface area contributed by atoms with E-state index in [-0.39, 0.29) is 11.9 Å². The van der Waals surface area contributed by atoms with Crippen molar-refractivity contribution in [2.75, 3.05) is 19.5 Å². The lowest BCUT2D eigenvalue weighted by Gasteiger charge is -2.23. The number of carbonyl (C=O) groups excluding carboxylic acids is 1. The van der Waals surface area contributed by atoms with Crippen LogP contribution in [0.1, 0.15) is 11.8 Å². The first-order chi connectivity index (χ1) is 10.1. The van der Waals surface area contributed by atoms with Gasteiger partial charge >= 0.3 is 0 Å². The van der Waals surface area contributed by atoms with Gasteiger partial charge in [0.05, 0.1) is 18.8 Å². The molecule has 0 bridgehead atoms. The summed E-state index contributed by atoms with van der Waals surface area (Å²) in [5.74, 6) is 0.623. The van der Waals surface area contributed by atoms with Crippen LogP contribution in [0.2, 0.25) is 0 Å². The molecule has 1 heterocycles. The number of amides is 1. The zero-order valence-electron chi connectivity index (χ0n) is 12.5. The number of anilines is 1. The first kappa shape index (κ1) is 15.5. The van der Waals surface area contributed by atoms with Crippen molar-refractivity contribution in [3.05, 3.63) is 46.7 Å². The maximum atomic E-state index is 12.3. The first-order valence-electron chi connectivity index (χ1n) is 6.78. The predicted molar refractivity (Wildman–Crippen MR) is 86.9 cm³/mol. The summed E-state index contributed by atoms with van der Waals surface area (Å²) >= 11 is 1.70. The van der Waals surface area contributed by atoms with Gasteiger partial charge in [0, 0.05) is 11.4 Å². The summed E-state index contributed by atoms with van der Waals surface area (Å²) in [5.41, 5.74) is 0.696. The van der Waals surface area contributed by atoms with Gasteiger partial charge in [0.2, 0.25) is 5.91 Å². The van der Waals surface area contributed by atoms with Crippen LogP contribution in [-0.4, -0.2) is 31.0 Å². The molecule has 0 saturated heterocycles. The Morgan fingerprint density at radius 3 is 2.76 bits per heavy atom. The maximum absolute atomic E-state index is 12.3. The second-order valence-electron chi connectivity index (χ2n) is 4.86. The molecule has 0 aliphatic rings. The van der Waals surface area contributed by atoms with E-state index in [0.717, 1.165) is 6.54 Å². The number of carbonyl (C=O) groups is 1. The molecule has 0 aliphatic heterocycles. The summed E-state index contributed by atoms with van der Waals surface area (Å²) in [4.78, 5) is 15.6. The van der Waals surface area contributed by atoms with Gasteiger partial charge in [-0.3, -0.25) is 9.69 Å². The Morgan fingerprint density at radius 2 is 2.10 bits per heavy atom. The minimum absolute atomic E-state index is 0.0430. The molecule has 0 fully saturated rings. The van der Waals surface area contributed by atoms with E-state index in [9.17, 15) is 4.79 Å². The third kappa shape index (κ3) is 4.06. The molecule has 0 aliphatic carbocycles. The monoisotopic (exact) mass is 304 g/mol. The van der Waals surface area contributed by atoms with Gasteiger partial charge in [-0.05, 0) is 37.6 Å². The lowest BCUT2D eigenvalue weighted by atomic mass is 10.2. The molecule has 1 aromatic heterocycles. The highest BCUT2D eigenvalue weighted by Gasteiger charge is 2.19. The van der Waals surface area contributed by atoms with Crippen molar-refractivity contribution in [2.24, 2.45) is 0 Å². The van der Waals surface area contributed by atoms with Gasteiger partial charge in [-0.1, -0.05) is 18.2 Å². The van der Waals surface area contributed by atoms with Crippen molar-refractivity contribution in [2.45, 2.75) is 19.5 Å². The van der Waals surface area contributed by atoms with Crippen molar-refractivity contribution in [1.82, 2.24) is 4.90 Å². The van der Waals surface area contributed by atoms with Gasteiger partial charge in [-0.15, -0.1) is 11.3 Å². The van der Waals surface area contributed by atoms with E-state index in [4.69, 9.17) is 4.74 Å². The number of methoxy groups -OCH3 is 1. The number of rotatable bonds is 6. The highest BCUT2D eigenvalue weighted by Crippen LogP contribution is 2.23. The molecule has 21 heavy (non-hydrogen) atoms. The van der Waals surface area contributed by atoms with Gasteiger partial charge in [0.1, 0.15) is 5.75 Å². The van der Waals surface area contributed by atoms with E-state index in [1.54, 1.807) is 18.4 Å². The topological polar surface area (TPSA) is 41.6 Å². The lowest BCUT2D eigenvalue weighted by molar-refractivity contribution is -0.120. The molecule has 0 radical (unpaired) electrons. The van der Waals surface area contributed by atoms with Crippen LogP contribution in [0, 0.1) is 0 Å². The number of nitrogens with one attached hydrogen (secondary N) is 1. The molecule has 1 N–H and O–H groups in total. The molecular formula is C16H20N2O2S. The highest BCUT2D eigenvalue weighted by atomic mass is 32.1. The summed E-state index contributed by atoms with van der Waals surface area (Å²) in [6, 6.07) is 11.3. The van der Waals surface area contributed by atoms with Crippen LogP contribution in [-0.2, 0) is 11.3 Å². The van der Waals surface area contributed by atoms with Crippen molar-refractivity contribution >= 4 is 22.9 Å². The minimum Gasteiger partial charge on any atom is -0.495 e. The Labute approximate surface area is 129 Å². The Balaban J connectivity index is 1.98. The Bertz CT molecular complexity index is 584. The van der Waals surface area contributed by atoms with Crippen molar-refractivity contribution in [3.63, 3.8) is 0 Å². The van der Waals surface area contributed by atoms with Crippen LogP contribution < -0.4 is 10.1 Å². The number of nitrogens with zero attached hydrogens (tertiary/aromatic N) is 1. The first-order valence-corrected chi connectivity index (χ1v) is 7.66. The standard InChI is InChI=1S/C16H20N2O2S/c1-12(18(2)11-13-7-6-10-21-13)16(19)17-14-8-4-5-9-15(14)20-3/h4-10,12H,11H2,1-3H3,(H,17,19)/t12-/m1/s1. The fourth-order valence-corrected chi connectivity index (χ4v) is 2.74. The second-order valence-corrected chi connectivity index (χ2v) is 5.89. The number of para-hydroxylation sites is 2. The molecule has 5 heteroatoms. The van der Waals surface area contributed by atoms with Gasteiger partial charge < -0.3 is 10.1 Å². The van der Waals surface area contributed by atoms with Crippen LogP contribution in [0.15, 0.2) is 41.8 Å². The van der Waals surface area contributed by atoms with Gasteiger partial charge in [0.15, 0.2) is 0 Å². The SMILES string of the molecule is COc1ccccc1NC(=O)[C@@H](C)N(C)Cc1cccs1. The summed E-state index contributed by atoms with van der Waals surface area (Å²) in [7, 11) is 3.55. The lowest BCUT2D eigenvalue weighted by Crippen LogP contribution is -2.39. The third-order valence-corrected chi connectivity index (χ3v) is 4.25. The maximum Gasteiger partial charge on any atom is 0.241 e. The largest absolute Gasteiger partial charge is 0.495 e. The summed E-state index contributed by atoms with van der Waals surface area (Å²) in [6.45, 7) is 2.66. The highest BCUT2D eigenvalue weighted by molar-refractivity contribution is 7.09. The average molecular weight is 304 g/mol. The molecule has 0 unspecified atom stereocenters. The number of thiophene rings is 1. The van der Waals surface area contributed by atoms with Gasteiger partial charge in [-0.25, -0.2) is 0 Å². The van der Waals surface area contributed by atoms with Crippen molar-refractivity contribution in [1.29, 1.82) is 0 Å². The number of likely N-dealkylation sites (N-methyl/N-ethyl adjacent to an activating group) is 1. The summed E-state index contributed by atoms with van der Waals surface area (Å²) in [5, 5.41) is 4.96. The van der Waals surface area contributed by atoms with E-state index < -0.39 is 0 Å². The normalized spacial score (nSPS) is 12.2. The van der Waals surface area contributed by atoms with Crippen LogP contribution in [0.25, 0.3) is 0 Å². The predicted octanol–water partition coefficient (Wildman–Crippen LogP) is 3.22. The Morgan fingerprint density at radius 1 is 1.33 bits per heavy atom. The minimum atomic E-state index is -0.225. The number of benzene rings is 1. The van der Waals surface area contributed by atoms with E-state index in [1.165, 1.54) is 4.88 Å². The summed E-state index contributed by atoms with van der Waals surface area (Å²) in [6.07, 6.45) is 0. The van der Waals surface area contributed by atoms with Gasteiger partial charge in [0.25, 0.3) is 0 Å². The number of ether oxygens (including phenoxy) is 1.